The number of ether oxygens (including phenoxy) is 1. The summed E-state index contributed by atoms with van der Waals surface area (Å²) < 4.78 is 33.7. The van der Waals surface area contributed by atoms with Crippen LogP contribution in [0.25, 0.3) is 0 Å². The van der Waals surface area contributed by atoms with Crippen LogP contribution in [0.4, 0.5) is 5.69 Å². The summed E-state index contributed by atoms with van der Waals surface area (Å²) in [7, 11) is -3.81. The number of nitrogens with zero attached hydrogens (tertiary/aromatic N) is 1. The number of hydrogen-bond acceptors (Lipinski definition) is 5. The van der Waals surface area contributed by atoms with Gasteiger partial charge < -0.3 is 10.6 Å². The molecule has 0 atom stereocenters. The van der Waals surface area contributed by atoms with Crippen molar-refractivity contribution in [1.82, 2.24) is 0 Å². The van der Waals surface area contributed by atoms with Crippen molar-refractivity contribution >= 4 is 33.5 Å². The molecular formula is C22H22ClN3O3S. The quantitative estimate of drug-likeness (QED) is 0.307. The third-order valence-electron chi connectivity index (χ3n) is 4.29. The molecule has 0 radical (unpaired) electrons. The van der Waals surface area contributed by atoms with E-state index in [4.69, 9.17) is 22.2 Å². The first-order valence-electron chi connectivity index (χ1n) is 9.21. The van der Waals surface area contributed by atoms with Crippen molar-refractivity contribution in [1.29, 1.82) is 0 Å². The smallest absolute Gasteiger partial charge is 0.263 e. The number of sulfonamides is 1. The van der Waals surface area contributed by atoms with Crippen molar-refractivity contribution in [2.24, 2.45) is 10.9 Å². The Morgan fingerprint density at radius 1 is 1.10 bits per heavy atom. The van der Waals surface area contributed by atoms with Crippen LogP contribution in [-0.2, 0) is 16.4 Å². The van der Waals surface area contributed by atoms with Gasteiger partial charge in [-0.1, -0.05) is 48.0 Å². The lowest BCUT2D eigenvalue weighted by atomic mass is 10.1. The second-order valence-corrected chi connectivity index (χ2v) is 8.75. The molecule has 3 N–H and O–H groups in total. The zero-order valence-corrected chi connectivity index (χ0v) is 18.0. The van der Waals surface area contributed by atoms with Gasteiger partial charge in [0.15, 0.2) is 0 Å². The minimum atomic E-state index is -3.81. The van der Waals surface area contributed by atoms with Crippen LogP contribution in [0.15, 0.2) is 76.7 Å². The third kappa shape index (κ3) is 5.75. The van der Waals surface area contributed by atoms with Crippen LogP contribution < -0.4 is 15.3 Å². The Labute approximate surface area is 181 Å². The summed E-state index contributed by atoms with van der Waals surface area (Å²) in [4.78, 5) is 0.0266. The molecule has 3 aromatic rings. The van der Waals surface area contributed by atoms with Gasteiger partial charge in [-0.25, -0.2) is 8.42 Å². The number of hydrazone groups is 1. The zero-order valence-electron chi connectivity index (χ0n) is 16.4. The Hall–Kier alpha value is -3.03. The van der Waals surface area contributed by atoms with Crippen molar-refractivity contribution < 1.29 is 13.2 Å². The highest BCUT2D eigenvalue weighted by atomic mass is 35.5. The van der Waals surface area contributed by atoms with E-state index in [1.165, 1.54) is 12.1 Å². The molecule has 8 heteroatoms. The molecule has 0 aromatic heterocycles. The molecule has 0 aliphatic carbocycles. The number of nitrogens with two attached hydrogens (primary N) is 1. The van der Waals surface area contributed by atoms with Crippen LogP contribution in [0.5, 0.6) is 5.75 Å². The molecule has 30 heavy (non-hydrogen) atoms. The van der Waals surface area contributed by atoms with E-state index in [-0.39, 0.29) is 9.92 Å². The molecule has 0 bridgehead atoms. The van der Waals surface area contributed by atoms with Crippen LogP contribution in [0.2, 0.25) is 5.02 Å². The fourth-order valence-electron chi connectivity index (χ4n) is 2.91. The van der Waals surface area contributed by atoms with Gasteiger partial charge in [-0.2, -0.15) is 5.10 Å². The number of anilines is 1. The number of hydrogen-bond donors (Lipinski definition) is 2. The number of benzene rings is 3. The first kappa shape index (κ1) is 21.7. The highest BCUT2D eigenvalue weighted by Gasteiger charge is 2.18. The summed E-state index contributed by atoms with van der Waals surface area (Å²) in [5, 5.41) is 3.66. The minimum absolute atomic E-state index is 0.0266. The normalized spacial score (nSPS) is 11.5. The highest BCUT2D eigenvalue weighted by molar-refractivity contribution is 7.92. The Bertz CT molecular complexity index is 1150. The molecular weight excluding hydrogens is 422 g/mol. The van der Waals surface area contributed by atoms with Gasteiger partial charge >= 0.3 is 0 Å². The topological polar surface area (TPSA) is 93.8 Å². The molecule has 6 nitrogen and oxygen atoms in total. The molecule has 0 heterocycles. The van der Waals surface area contributed by atoms with E-state index in [1.54, 1.807) is 30.5 Å². The molecule has 0 saturated carbocycles. The fraction of sp³-hybridized carbons (Fsp3) is 0.136. The maximum absolute atomic E-state index is 12.7. The van der Waals surface area contributed by atoms with Gasteiger partial charge in [0.05, 0.1) is 23.5 Å². The van der Waals surface area contributed by atoms with Gasteiger partial charge in [-0.3, -0.25) is 4.72 Å². The fourth-order valence-corrected chi connectivity index (χ4v) is 4.47. The van der Waals surface area contributed by atoms with E-state index in [1.807, 2.05) is 37.3 Å². The lowest BCUT2D eigenvalue weighted by Crippen LogP contribution is -2.13. The van der Waals surface area contributed by atoms with Gasteiger partial charge in [0, 0.05) is 12.5 Å². The van der Waals surface area contributed by atoms with Crippen LogP contribution >= 0.6 is 11.6 Å². The lowest BCUT2D eigenvalue weighted by Gasteiger charge is -2.13. The van der Waals surface area contributed by atoms with Crippen molar-refractivity contribution in [3.63, 3.8) is 0 Å². The third-order valence-corrected chi connectivity index (χ3v) is 6.17. The van der Waals surface area contributed by atoms with E-state index in [0.29, 0.717) is 24.5 Å². The maximum Gasteiger partial charge on any atom is 0.263 e. The number of halogens is 1. The Morgan fingerprint density at radius 3 is 2.53 bits per heavy atom. The van der Waals surface area contributed by atoms with Gasteiger partial charge in [-0.15, -0.1) is 0 Å². The second-order valence-electron chi connectivity index (χ2n) is 6.69. The average molecular weight is 444 g/mol. The van der Waals surface area contributed by atoms with Crippen molar-refractivity contribution in [3.05, 3.63) is 88.4 Å². The lowest BCUT2D eigenvalue weighted by molar-refractivity contribution is 0.322. The highest BCUT2D eigenvalue weighted by Crippen LogP contribution is 2.26. The molecule has 156 valence electrons. The molecule has 0 saturated heterocycles. The molecule has 3 aromatic carbocycles. The van der Waals surface area contributed by atoms with Crippen molar-refractivity contribution in [3.8, 4) is 5.75 Å². The van der Waals surface area contributed by atoms with Crippen LogP contribution in [-0.4, -0.2) is 21.2 Å². The van der Waals surface area contributed by atoms with Gasteiger partial charge in [0.2, 0.25) is 0 Å². The van der Waals surface area contributed by atoms with E-state index >= 15 is 0 Å². The minimum Gasteiger partial charge on any atom is -0.493 e. The van der Waals surface area contributed by atoms with Gasteiger partial charge in [0.1, 0.15) is 10.6 Å². The summed E-state index contributed by atoms with van der Waals surface area (Å²) in [6.07, 6.45) is 2.28. The molecule has 0 aliphatic rings. The number of nitrogens with one attached hydrogen (secondary N) is 1. The van der Waals surface area contributed by atoms with Crippen LogP contribution in [0.3, 0.4) is 0 Å². The van der Waals surface area contributed by atoms with E-state index in [9.17, 15) is 8.42 Å². The van der Waals surface area contributed by atoms with E-state index in [0.717, 1.165) is 16.7 Å². The van der Waals surface area contributed by atoms with E-state index < -0.39 is 10.0 Å². The molecule has 0 spiro atoms. The monoisotopic (exact) mass is 443 g/mol. The summed E-state index contributed by atoms with van der Waals surface area (Å²) in [6, 6.07) is 19.4. The predicted octanol–water partition coefficient (Wildman–Crippen LogP) is 4.36. The zero-order chi connectivity index (χ0) is 21.6. The summed E-state index contributed by atoms with van der Waals surface area (Å²) in [5.74, 6) is 5.73. The Balaban J connectivity index is 1.67. The van der Waals surface area contributed by atoms with Gasteiger partial charge in [-0.05, 0) is 47.9 Å². The summed E-state index contributed by atoms with van der Waals surface area (Å²) in [5.41, 5.74) is 3.32. The Morgan fingerprint density at radius 2 is 1.83 bits per heavy atom. The van der Waals surface area contributed by atoms with Crippen LogP contribution in [0, 0.1) is 6.92 Å². The summed E-state index contributed by atoms with van der Waals surface area (Å²) in [6.45, 7) is 2.32. The molecule has 0 aliphatic heterocycles. The summed E-state index contributed by atoms with van der Waals surface area (Å²) >= 11 is 6.03. The first-order chi connectivity index (χ1) is 14.4. The Kier molecular flexibility index (Phi) is 6.97. The maximum atomic E-state index is 12.7. The van der Waals surface area contributed by atoms with Gasteiger partial charge in [0.25, 0.3) is 10.0 Å². The molecule has 0 fully saturated rings. The molecule has 0 unspecified atom stereocenters. The molecule has 0 amide bonds. The average Bonchev–Trinajstić information content (AvgIpc) is 2.69. The van der Waals surface area contributed by atoms with Crippen molar-refractivity contribution in [2.75, 3.05) is 11.3 Å². The molecule has 3 rings (SSSR count). The second kappa shape index (κ2) is 9.65. The largest absolute Gasteiger partial charge is 0.493 e. The standard InChI is InChI=1S/C22H22ClN3O3S/c1-16-12-19(26-30(27,28)22-5-3-2-4-21(22)23)14-20(13-16)29-11-10-17-6-8-18(9-7-17)15-25-24/h2-9,12-15,26H,10-11,24H2,1H3/b25-15-. The van der Waals surface area contributed by atoms with Crippen molar-refractivity contribution in [2.45, 2.75) is 18.2 Å². The predicted molar refractivity (Wildman–Crippen MR) is 121 cm³/mol. The number of aryl methyl sites for hydroxylation is 1. The number of rotatable bonds is 8. The van der Waals surface area contributed by atoms with E-state index in [2.05, 4.69) is 9.82 Å². The SMILES string of the molecule is Cc1cc(NS(=O)(=O)c2ccccc2Cl)cc(OCCc2ccc(/C=N\N)cc2)c1. The first-order valence-corrected chi connectivity index (χ1v) is 11.1. The van der Waals surface area contributed by atoms with Crippen LogP contribution in [0.1, 0.15) is 16.7 Å².